The zero-order valence-corrected chi connectivity index (χ0v) is 23.7. The van der Waals surface area contributed by atoms with Gasteiger partial charge in [0.2, 0.25) is 5.91 Å². The Morgan fingerprint density at radius 3 is 2.31 bits per heavy atom. The number of ether oxygens (including phenoxy) is 1. The Kier molecular flexibility index (Phi) is 8.19. The number of fused-ring (bicyclic) bond motifs is 1. The zero-order valence-electron chi connectivity index (χ0n) is 23.0. The predicted molar refractivity (Wildman–Crippen MR) is 153 cm³/mol. The predicted octanol–water partition coefficient (Wildman–Crippen LogP) is 7.78. The lowest BCUT2D eigenvalue weighted by Crippen LogP contribution is -2.37. The lowest BCUT2D eigenvalue weighted by molar-refractivity contribution is -0.152. The molecule has 0 aliphatic heterocycles. The molecule has 220 valence electrons. The second-order valence-electron chi connectivity index (χ2n) is 11.0. The Morgan fingerprint density at radius 1 is 1.00 bits per heavy atom. The van der Waals surface area contributed by atoms with Gasteiger partial charge < -0.3 is 19.7 Å². The molecule has 42 heavy (non-hydrogen) atoms. The minimum Gasteiger partial charge on any atom is -0.478 e. The number of carboxylic acids is 1. The van der Waals surface area contributed by atoms with E-state index < -0.39 is 41.0 Å². The van der Waals surface area contributed by atoms with Crippen LogP contribution in [0.2, 0.25) is 5.02 Å². The number of aromatic nitrogens is 2. The summed E-state index contributed by atoms with van der Waals surface area (Å²) >= 11 is 6.10. The maximum Gasteiger partial charge on any atom is 0.347 e. The molecule has 0 radical (unpaired) electrons. The molecule has 1 aromatic heterocycles. The van der Waals surface area contributed by atoms with Crippen molar-refractivity contribution in [1.82, 2.24) is 9.55 Å². The van der Waals surface area contributed by atoms with E-state index in [1.165, 1.54) is 26.0 Å². The highest BCUT2D eigenvalue weighted by molar-refractivity contribution is 6.30. The van der Waals surface area contributed by atoms with Gasteiger partial charge in [0.1, 0.15) is 23.4 Å². The summed E-state index contributed by atoms with van der Waals surface area (Å²) in [4.78, 5) is 30.1. The van der Waals surface area contributed by atoms with E-state index in [1.807, 2.05) is 0 Å². The van der Waals surface area contributed by atoms with Crippen molar-refractivity contribution in [2.24, 2.45) is 5.92 Å². The second-order valence-corrected chi connectivity index (χ2v) is 11.4. The van der Waals surface area contributed by atoms with Gasteiger partial charge in [0.05, 0.1) is 16.7 Å². The molecule has 0 bridgehead atoms. The van der Waals surface area contributed by atoms with E-state index >= 15 is 4.39 Å². The van der Waals surface area contributed by atoms with Crippen LogP contribution < -0.4 is 10.1 Å². The van der Waals surface area contributed by atoms with Gasteiger partial charge in [-0.2, -0.15) is 0 Å². The molecule has 1 aliphatic carbocycles. The molecule has 0 saturated heterocycles. The van der Waals surface area contributed by atoms with Crippen LogP contribution in [-0.2, 0) is 9.59 Å². The minimum atomic E-state index is -1.60. The number of nitrogens with one attached hydrogen (secondary N) is 1. The van der Waals surface area contributed by atoms with Crippen molar-refractivity contribution in [2.75, 3.05) is 5.32 Å². The molecule has 4 aromatic rings. The van der Waals surface area contributed by atoms with E-state index in [2.05, 4.69) is 10.3 Å². The molecule has 3 aromatic carbocycles. The first-order chi connectivity index (χ1) is 19.9. The molecule has 7 nitrogen and oxygen atoms in total. The van der Waals surface area contributed by atoms with Crippen molar-refractivity contribution in [3.63, 3.8) is 0 Å². The molecule has 1 saturated carbocycles. The van der Waals surface area contributed by atoms with Gasteiger partial charge in [0.25, 0.3) is 0 Å². The Hall–Kier alpha value is -4.05. The molecule has 1 amide bonds. The smallest absolute Gasteiger partial charge is 0.347 e. The molecule has 1 fully saturated rings. The Bertz CT molecular complexity index is 1650. The minimum absolute atomic E-state index is 0.0233. The van der Waals surface area contributed by atoms with Crippen molar-refractivity contribution in [2.45, 2.75) is 57.6 Å². The molecule has 2 N–H and O–H groups in total. The summed E-state index contributed by atoms with van der Waals surface area (Å²) < 4.78 is 51.1. The summed E-state index contributed by atoms with van der Waals surface area (Å²) in [6.45, 7) is 2.67. The quantitative estimate of drug-likeness (QED) is 0.216. The number of hydrogen-bond donors (Lipinski definition) is 2. The average molecular weight is 600 g/mol. The van der Waals surface area contributed by atoms with Crippen molar-refractivity contribution in [3.05, 3.63) is 77.1 Å². The molecule has 1 atom stereocenters. The van der Waals surface area contributed by atoms with Crippen LogP contribution in [0.1, 0.15) is 52.0 Å². The van der Waals surface area contributed by atoms with Crippen LogP contribution in [-0.4, -0.2) is 32.1 Å². The first-order valence-corrected chi connectivity index (χ1v) is 14.0. The number of amides is 1. The number of carbonyl (C=O) groups is 2. The van der Waals surface area contributed by atoms with Crippen LogP contribution in [0.25, 0.3) is 22.4 Å². The second kappa shape index (κ2) is 11.7. The summed E-state index contributed by atoms with van der Waals surface area (Å²) in [7, 11) is 0. The largest absolute Gasteiger partial charge is 0.478 e. The molecular weight excluding hydrogens is 571 g/mol. The standard InChI is InChI=1S/C31H29ClF3N3O4/c1-31(2,30(40)41)42-20-12-13-24(23(35)14-20)37-29(39)27(17-6-4-3-5-7-17)38-26-16-22(34)21(33)15-25(26)36-28(38)18-8-10-19(32)11-9-18/h8-17,27H,3-7H2,1-2H3,(H,37,39)(H,40,41). The van der Waals surface area contributed by atoms with E-state index in [0.717, 1.165) is 37.5 Å². The lowest BCUT2D eigenvalue weighted by atomic mass is 9.83. The number of benzene rings is 3. The number of anilines is 1. The fraction of sp³-hybridized carbons (Fsp3) is 0.323. The topological polar surface area (TPSA) is 93.5 Å². The van der Waals surface area contributed by atoms with Crippen LogP contribution in [0.3, 0.4) is 0 Å². The Labute approximate surface area is 245 Å². The van der Waals surface area contributed by atoms with Gasteiger partial charge >= 0.3 is 5.97 Å². The highest BCUT2D eigenvalue weighted by Crippen LogP contribution is 2.39. The summed E-state index contributed by atoms with van der Waals surface area (Å²) in [6, 6.07) is 11.5. The summed E-state index contributed by atoms with van der Waals surface area (Å²) in [5.41, 5.74) is -0.765. The number of halogens is 4. The first kappa shape index (κ1) is 29.4. The molecule has 1 aliphatic rings. The number of hydrogen-bond acceptors (Lipinski definition) is 4. The van der Waals surface area contributed by atoms with Gasteiger partial charge in [-0.15, -0.1) is 0 Å². The summed E-state index contributed by atoms with van der Waals surface area (Å²) in [6.07, 6.45) is 4.14. The molecule has 0 spiro atoms. The third-order valence-electron chi connectivity index (χ3n) is 7.56. The monoisotopic (exact) mass is 599 g/mol. The van der Waals surface area contributed by atoms with Crippen LogP contribution >= 0.6 is 11.6 Å². The first-order valence-electron chi connectivity index (χ1n) is 13.6. The normalized spacial score (nSPS) is 15.0. The van der Waals surface area contributed by atoms with Crippen LogP contribution in [0.5, 0.6) is 5.75 Å². The van der Waals surface area contributed by atoms with E-state index in [-0.39, 0.29) is 28.4 Å². The summed E-state index contributed by atoms with van der Waals surface area (Å²) in [5.74, 6) is -4.66. The number of imidazole rings is 1. The van der Waals surface area contributed by atoms with Gasteiger partial charge in [0.15, 0.2) is 17.2 Å². The van der Waals surface area contributed by atoms with Crippen LogP contribution in [0, 0.1) is 23.4 Å². The van der Waals surface area contributed by atoms with Crippen molar-refractivity contribution < 1.29 is 32.6 Å². The number of rotatable bonds is 8. The van der Waals surface area contributed by atoms with Crippen LogP contribution in [0.15, 0.2) is 54.6 Å². The van der Waals surface area contributed by atoms with E-state index in [4.69, 9.17) is 16.3 Å². The van der Waals surface area contributed by atoms with E-state index in [1.54, 1.807) is 28.8 Å². The molecule has 5 rings (SSSR count). The van der Waals surface area contributed by atoms with Crippen molar-refractivity contribution in [3.8, 4) is 17.1 Å². The maximum absolute atomic E-state index is 15.2. The highest BCUT2D eigenvalue weighted by Gasteiger charge is 2.35. The SMILES string of the molecule is CC(C)(Oc1ccc(NC(=O)C(C2CCCCC2)n2c(-c3ccc(Cl)cc3)nc3cc(F)c(F)cc32)c(F)c1)C(=O)O. The molecule has 1 unspecified atom stereocenters. The third-order valence-corrected chi connectivity index (χ3v) is 7.82. The van der Waals surface area contributed by atoms with Crippen LogP contribution in [0.4, 0.5) is 18.9 Å². The number of carbonyl (C=O) groups excluding carboxylic acids is 1. The number of carboxylic acid groups (broad SMARTS) is 1. The van der Waals surface area contributed by atoms with E-state index in [9.17, 15) is 23.5 Å². The van der Waals surface area contributed by atoms with Gasteiger partial charge in [-0.05, 0) is 69.0 Å². The Balaban J connectivity index is 1.59. The lowest BCUT2D eigenvalue weighted by Gasteiger charge is -2.32. The zero-order chi connectivity index (χ0) is 30.2. The van der Waals surface area contributed by atoms with Gasteiger partial charge in [0, 0.05) is 28.8 Å². The van der Waals surface area contributed by atoms with Gasteiger partial charge in [-0.1, -0.05) is 30.9 Å². The maximum atomic E-state index is 15.2. The molecule has 1 heterocycles. The fourth-order valence-corrected chi connectivity index (χ4v) is 5.50. The average Bonchev–Trinajstić information content (AvgIpc) is 3.29. The number of nitrogens with zero attached hydrogens (tertiary/aromatic N) is 2. The van der Waals surface area contributed by atoms with Gasteiger partial charge in [-0.25, -0.2) is 22.9 Å². The highest BCUT2D eigenvalue weighted by atomic mass is 35.5. The molecular formula is C31H29ClF3N3O4. The van der Waals surface area contributed by atoms with Gasteiger partial charge in [-0.3, -0.25) is 4.79 Å². The third kappa shape index (κ3) is 5.94. The number of aliphatic carboxylic acids is 1. The molecule has 11 heteroatoms. The van der Waals surface area contributed by atoms with Crippen molar-refractivity contribution >= 4 is 40.2 Å². The van der Waals surface area contributed by atoms with E-state index in [0.29, 0.717) is 29.3 Å². The Morgan fingerprint density at radius 2 is 1.67 bits per heavy atom. The fourth-order valence-electron chi connectivity index (χ4n) is 5.37. The summed E-state index contributed by atoms with van der Waals surface area (Å²) in [5, 5.41) is 12.5. The van der Waals surface area contributed by atoms with Crippen molar-refractivity contribution in [1.29, 1.82) is 0 Å².